The highest BCUT2D eigenvalue weighted by molar-refractivity contribution is 6.00. The Labute approximate surface area is 140 Å². The molecule has 5 heteroatoms. The summed E-state index contributed by atoms with van der Waals surface area (Å²) in [6.45, 7) is 2.46. The van der Waals surface area contributed by atoms with Gasteiger partial charge in [-0.15, -0.1) is 0 Å². The number of benzene rings is 2. The summed E-state index contributed by atoms with van der Waals surface area (Å²) in [7, 11) is 1.65. The fourth-order valence-corrected chi connectivity index (χ4v) is 3.29. The monoisotopic (exact) mass is 325 g/mol. The SMILES string of the molecule is CCOc1ccc(C2C(C(=O)O)c3ccccc3C(=O)N2C)cc1. The fraction of sp³-hybridized carbons (Fsp3) is 0.263. The number of amides is 1. The van der Waals surface area contributed by atoms with Crippen LogP contribution in [0.1, 0.15) is 40.4 Å². The molecule has 2 aromatic carbocycles. The van der Waals surface area contributed by atoms with Gasteiger partial charge in [-0.2, -0.15) is 0 Å². The maximum atomic E-state index is 12.6. The normalized spacial score (nSPS) is 19.8. The molecule has 1 amide bonds. The van der Waals surface area contributed by atoms with Gasteiger partial charge in [-0.1, -0.05) is 30.3 Å². The third-order valence-electron chi connectivity index (χ3n) is 4.38. The zero-order valence-corrected chi connectivity index (χ0v) is 13.6. The molecule has 5 nitrogen and oxygen atoms in total. The van der Waals surface area contributed by atoms with Crippen LogP contribution >= 0.6 is 0 Å². The number of nitrogens with zero attached hydrogens (tertiary/aromatic N) is 1. The summed E-state index contributed by atoms with van der Waals surface area (Å²) in [5, 5.41) is 9.80. The number of likely N-dealkylation sites (N-methyl/N-ethyl adjacent to an activating group) is 1. The first-order chi connectivity index (χ1) is 11.5. The molecule has 0 spiro atoms. The van der Waals surface area contributed by atoms with Crippen LogP contribution in [0, 0.1) is 0 Å². The number of carboxylic acid groups (broad SMARTS) is 1. The molecule has 0 radical (unpaired) electrons. The van der Waals surface area contributed by atoms with Gasteiger partial charge in [0.1, 0.15) is 11.7 Å². The van der Waals surface area contributed by atoms with E-state index >= 15 is 0 Å². The van der Waals surface area contributed by atoms with E-state index in [1.54, 1.807) is 43.4 Å². The van der Waals surface area contributed by atoms with Crippen LogP contribution in [0.3, 0.4) is 0 Å². The Morgan fingerprint density at radius 2 is 1.83 bits per heavy atom. The molecular weight excluding hydrogens is 306 g/mol. The number of rotatable bonds is 4. The summed E-state index contributed by atoms with van der Waals surface area (Å²) in [4.78, 5) is 26.1. The van der Waals surface area contributed by atoms with E-state index in [1.165, 1.54) is 4.90 Å². The van der Waals surface area contributed by atoms with Gasteiger partial charge in [-0.05, 0) is 36.2 Å². The number of aliphatic carboxylic acids is 1. The molecule has 3 rings (SSSR count). The van der Waals surface area contributed by atoms with Crippen molar-refractivity contribution in [1.82, 2.24) is 4.90 Å². The molecular formula is C19H19NO4. The average molecular weight is 325 g/mol. The molecule has 0 saturated heterocycles. The van der Waals surface area contributed by atoms with E-state index in [2.05, 4.69) is 0 Å². The number of carboxylic acids is 1. The van der Waals surface area contributed by atoms with Crippen molar-refractivity contribution >= 4 is 11.9 Å². The van der Waals surface area contributed by atoms with Gasteiger partial charge < -0.3 is 14.7 Å². The van der Waals surface area contributed by atoms with Gasteiger partial charge in [0.15, 0.2) is 0 Å². The predicted octanol–water partition coefficient (Wildman–Crippen LogP) is 3.08. The van der Waals surface area contributed by atoms with E-state index in [-0.39, 0.29) is 5.91 Å². The predicted molar refractivity (Wildman–Crippen MR) is 89.3 cm³/mol. The van der Waals surface area contributed by atoms with Crippen LogP contribution in [0.4, 0.5) is 0 Å². The van der Waals surface area contributed by atoms with Gasteiger partial charge in [0.05, 0.1) is 12.6 Å². The Hall–Kier alpha value is -2.82. The van der Waals surface area contributed by atoms with Crippen LogP contribution in [-0.2, 0) is 4.79 Å². The number of carbonyl (C=O) groups excluding carboxylic acids is 1. The van der Waals surface area contributed by atoms with E-state index in [0.717, 1.165) is 11.3 Å². The van der Waals surface area contributed by atoms with Crippen molar-refractivity contribution in [1.29, 1.82) is 0 Å². The van der Waals surface area contributed by atoms with Crippen molar-refractivity contribution in [3.05, 3.63) is 65.2 Å². The summed E-state index contributed by atoms with van der Waals surface area (Å²) in [5.41, 5.74) is 1.79. The summed E-state index contributed by atoms with van der Waals surface area (Å²) >= 11 is 0. The Balaban J connectivity index is 2.08. The second-order valence-electron chi connectivity index (χ2n) is 5.77. The summed E-state index contributed by atoms with van der Waals surface area (Å²) in [6, 6.07) is 13.6. The lowest BCUT2D eigenvalue weighted by Crippen LogP contribution is -2.42. The van der Waals surface area contributed by atoms with Crippen LogP contribution in [-0.4, -0.2) is 35.5 Å². The molecule has 2 aromatic rings. The maximum absolute atomic E-state index is 12.6. The molecule has 1 heterocycles. The smallest absolute Gasteiger partial charge is 0.313 e. The number of hydrogen-bond donors (Lipinski definition) is 1. The molecule has 0 aromatic heterocycles. The van der Waals surface area contributed by atoms with E-state index in [1.807, 2.05) is 19.1 Å². The summed E-state index contributed by atoms with van der Waals surface area (Å²) in [6.07, 6.45) is 0. The van der Waals surface area contributed by atoms with Gasteiger partial charge in [-0.25, -0.2) is 0 Å². The fourth-order valence-electron chi connectivity index (χ4n) is 3.29. The molecule has 24 heavy (non-hydrogen) atoms. The van der Waals surface area contributed by atoms with Crippen molar-refractivity contribution in [3.63, 3.8) is 0 Å². The minimum absolute atomic E-state index is 0.165. The lowest BCUT2D eigenvalue weighted by atomic mass is 9.80. The van der Waals surface area contributed by atoms with Crippen LogP contribution in [0.15, 0.2) is 48.5 Å². The standard InChI is InChI=1S/C19H19NO4/c1-3-24-13-10-8-12(9-11-13)17-16(19(22)23)14-6-4-5-7-15(14)18(21)20(17)2/h4-11,16-17H,3H2,1-2H3,(H,22,23). The van der Waals surface area contributed by atoms with E-state index in [0.29, 0.717) is 17.7 Å². The highest BCUT2D eigenvalue weighted by Gasteiger charge is 2.42. The molecule has 1 N–H and O–H groups in total. The van der Waals surface area contributed by atoms with E-state index in [4.69, 9.17) is 4.74 Å². The maximum Gasteiger partial charge on any atom is 0.313 e. The molecule has 2 unspecified atom stereocenters. The van der Waals surface area contributed by atoms with Gasteiger partial charge in [-0.3, -0.25) is 9.59 Å². The van der Waals surface area contributed by atoms with E-state index in [9.17, 15) is 14.7 Å². The summed E-state index contributed by atoms with van der Waals surface area (Å²) < 4.78 is 5.43. The molecule has 2 atom stereocenters. The summed E-state index contributed by atoms with van der Waals surface area (Å²) in [5.74, 6) is -1.19. The van der Waals surface area contributed by atoms with Crippen molar-refractivity contribution in [2.75, 3.05) is 13.7 Å². The molecule has 0 aliphatic carbocycles. The van der Waals surface area contributed by atoms with Crippen LogP contribution < -0.4 is 4.74 Å². The zero-order valence-electron chi connectivity index (χ0n) is 13.6. The quantitative estimate of drug-likeness (QED) is 0.938. The van der Waals surface area contributed by atoms with Crippen molar-refractivity contribution < 1.29 is 19.4 Å². The second kappa shape index (κ2) is 6.35. The minimum Gasteiger partial charge on any atom is -0.494 e. The average Bonchev–Trinajstić information content (AvgIpc) is 2.59. The Morgan fingerprint density at radius 1 is 1.17 bits per heavy atom. The topological polar surface area (TPSA) is 66.8 Å². The number of fused-ring (bicyclic) bond motifs is 1. The number of carbonyl (C=O) groups is 2. The Morgan fingerprint density at radius 3 is 2.46 bits per heavy atom. The third kappa shape index (κ3) is 2.62. The zero-order chi connectivity index (χ0) is 17.3. The van der Waals surface area contributed by atoms with Crippen molar-refractivity contribution in [3.8, 4) is 5.75 Å². The minimum atomic E-state index is -0.944. The molecule has 124 valence electrons. The highest BCUT2D eigenvalue weighted by atomic mass is 16.5. The lowest BCUT2D eigenvalue weighted by molar-refractivity contribution is -0.140. The number of ether oxygens (including phenoxy) is 1. The molecule has 0 saturated carbocycles. The molecule has 1 aliphatic heterocycles. The molecule has 0 bridgehead atoms. The van der Waals surface area contributed by atoms with Gasteiger partial charge in [0, 0.05) is 12.6 Å². The molecule has 1 aliphatic rings. The van der Waals surface area contributed by atoms with Crippen LogP contribution in [0.2, 0.25) is 0 Å². The Kier molecular flexibility index (Phi) is 4.25. The second-order valence-corrected chi connectivity index (χ2v) is 5.77. The van der Waals surface area contributed by atoms with Crippen LogP contribution in [0.25, 0.3) is 0 Å². The van der Waals surface area contributed by atoms with Gasteiger partial charge >= 0.3 is 5.97 Å². The largest absolute Gasteiger partial charge is 0.494 e. The highest BCUT2D eigenvalue weighted by Crippen LogP contribution is 2.42. The van der Waals surface area contributed by atoms with Gasteiger partial charge in [0.25, 0.3) is 5.91 Å². The lowest BCUT2D eigenvalue weighted by Gasteiger charge is -2.38. The number of hydrogen-bond acceptors (Lipinski definition) is 3. The van der Waals surface area contributed by atoms with Crippen LogP contribution in [0.5, 0.6) is 5.75 Å². The first-order valence-corrected chi connectivity index (χ1v) is 7.86. The third-order valence-corrected chi connectivity index (χ3v) is 4.38. The first kappa shape index (κ1) is 16.1. The first-order valence-electron chi connectivity index (χ1n) is 7.86. The molecule has 0 fully saturated rings. The Bertz CT molecular complexity index is 769. The van der Waals surface area contributed by atoms with Crippen molar-refractivity contribution in [2.24, 2.45) is 0 Å². The van der Waals surface area contributed by atoms with Gasteiger partial charge in [0.2, 0.25) is 0 Å². The van der Waals surface area contributed by atoms with E-state index < -0.39 is 17.9 Å². The van der Waals surface area contributed by atoms with Crippen molar-refractivity contribution in [2.45, 2.75) is 18.9 Å².